The Kier molecular flexibility index (Phi) is 3.05. The molecule has 0 radical (unpaired) electrons. The lowest BCUT2D eigenvalue weighted by atomic mass is 10.2. The zero-order chi connectivity index (χ0) is 14.8. The summed E-state index contributed by atoms with van der Waals surface area (Å²) >= 11 is 0. The molecule has 0 unspecified atom stereocenters. The van der Waals surface area contributed by atoms with Crippen LogP contribution in [0, 0.1) is 0 Å². The summed E-state index contributed by atoms with van der Waals surface area (Å²) in [5.74, 6) is 1.26. The van der Waals surface area contributed by atoms with E-state index in [0.29, 0.717) is 12.5 Å². The van der Waals surface area contributed by atoms with Crippen LogP contribution in [0.4, 0.5) is 0 Å². The van der Waals surface area contributed by atoms with E-state index in [4.69, 9.17) is 9.15 Å². The number of pyridine rings is 1. The average Bonchev–Trinajstić information content (AvgIpc) is 3.22. The van der Waals surface area contributed by atoms with Gasteiger partial charge in [0.15, 0.2) is 0 Å². The number of imidazole rings is 1. The van der Waals surface area contributed by atoms with Gasteiger partial charge in [0.05, 0.1) is 5.69 Å². The molecule has 0 saturated carbocycles. The zero-order valence-electron chi connectivity index (χ0n) is 11.6. The predicted molar refractivity (Wildman–Crippen MR) is 79.3 cm³/mol. The van der Waals surface area contributed by atoms with Crippen molar-refractivity contribution >= 4 is 5.65 Å². The molecular weight excluding hydrogens is 280 g/mol. The first kappa shape index (κ1) is 12.6. The molecule has 0 bridgehead atoms. The smallest absolute Gasteiger partial charge is 0.247 e. The Morgan fingerprint density at radius 3 is 2.77 bits per heavy atom. The summed E-state index contributed by atoms with van der Waals surface area (Å²) in [6.45, 7) is 0.418. The molecule has 3 heterocycles. The Morgan fingerprint density at radius 2 is 2.00 bits per heavy atom. The van der Waals surface area contributed by atoms with Crippen molar-refractivity contribution in [1.82, 2.24) is 19.6 Å². The third-order valence-electron chi connectivity index (χ3n) is 3.26. The molecule has 0 amide bonds. The molecule has 0 fully saturated rings. The van der Waals surface area contributed by atoms with E-state index in [-0.39, 0.29) is 0 Å². The van der Waals surface area contributed by atoms with E-state index >= 15 is 0 Å². The first-order valence-electron chi connectivity index (χ1n) is 6.80. The lowest BCUT2D eigenvalue weighted by molar-refractivity contribution is 0.302. The standard InChI is InChI=1S/C16H12N4O2/c1-2-8-20-9-13(18-15(20)3-1)10-21-14-6-4-12(5-7-14)16-19-17-11-22-16/h1-9,11H,10H2. The van der Waals surface area contributed by atoms with Gasteiger partial charge in [-0.05, 0) is 36.4 Å². The molecule has 0 N–H and O–H groups in total. The number of rotatable bonds is 4. The fourth-order valence-electron chi connectivity index (χ4n) is 2.21. The van der Waals surface area contributed by atoms with Crippen molar-refractivity contribution < 1.29 is 9.15 Å². The second-order valence-electron chi connectivity index (χ2n) is 4.76. The number of benzene rings is 1. The van der Waals surface area contributed by atoms with Crippen molar-refractivity contribution in [2.24, 2.45) is 0 Å². The van der Waals surface area contributed by atoms with Gasteiger partial charge in [-0.25, -0.2) is 4.98 Å². The van der Waals surface area contributed by atoms with Crippen molar-refractivity contribution in [2.45, 2.75) is 6.61 Å². The molecule has 4 aromatic rings. The Bertz CT molecular complexity index is 849. The lowest BCUT2D eigenvalue weighted by Gasteiger charge is -2.04. The van der Waals surface area contributed by atoms with E-state index in [0.717, 1.165) is 22.7 Å². The van der Waals surface area contributed by atoms with Crippen molar-refractivity contribution in [3.8, 4) is 17.2 Å². The summed E-state index contributed by atoms with van der Waals surface area (Å²) < 4.78 is 12.9. The minimum atomic E-state index is 0.418. The van der Waals surface area contributed by atoms with Gasteiger partial charge in [0.1, 0.15) is 18.0 Å². The van der Waals surface area contributed by atoms with Crippen LogP contribution in [0.1, 0.15) is 5.69 Å². The summed E-state index contributed by atoms with van der Waals surface area (Å²) in [6, 6.07) is 13.4. The van der Waals surface area contributed by atoms with Gasteiger partial charge in [0, 0.05) is 18.0 Å². The van der Waals surface area contributed by atoms with Crippen LogP contribution in [-0.2, 0) is 6.61 Å². The first-order chi connectivity index (χ1) is 10.9. The number of hydrogen-bond donors (Lipinski definition) is 0. The maximum absolute atomic E-state index is 5.75. The quantitative estimate of drug-likeness (QED) is 0.578. The zero-order valence-corrected chi connectivity index (χ0v) is 11.6. The van der Waals surface area contributed by atoms with E-state index < -0.39 is 0 Å². The monoisotopic (exact) mass is 292 g/mol. The third kappa shape index (κ3) is 2.42. The topological polar surface area (TPSA) is 65.5 Å². The molecule has 0 aliphatic rings. The molecule has 0 aliphatic heterocycles. The highest BCUT2D eigenvalue weighted by molar-refractivity contribution is 5.53. The van der Waals surface area contributed by atoms with Gasteiger partial charge in [0.25, 0.3) is 0 Å². The molecule has 1 aromatic carbocycles. The summed E-state index contributed by atoms with van der Waals surface area (Å²) in [5, 5.41) is 7.52. The molecule has 4 rings (SSSR count). The van der Waals surface area contributed by atoms with Crippen LogP contribution in [0.15, 0.2) is 65.7 Å². The Balaban J connectivity index is 1.47. The van der Waals surface area contributed by atoms with E-state index in [1.54, 1.807) is 0 Å². The van der Waals surface area contributed by atoms with Crippen LogP contribution in [0.2, 0.25) is 0 Å². The van der Waals surface area contributed by atoms with E-state index in [9.17, 15) is 0 Å². The molecule has 6 nitrogen and oxygen atoms in total. The van der Waals surface area contributed by atoms with Crippen LogP contribution < -0.4 is 4.74 Å². The minimum absolute atomic E-state index is 0.418. The number of ether oxygens (including phenoxy) is 1. The first-order valence-corrected chi connectivity index (χ1v) is 6.80. The molecular formula is C16H12N4O2. The predicted octanol–water partition coefficient (Wildman–Crippen LogP) is 2.96. The molecule has 0 aliphatic carbocycles. The largest absolute Gasteiger partial charge is 0.487 e. The summed E-state index contributed by atoms with van der Waals surface area (Å²) in [4.78, 5) is 4.49. The third-order valence-corrected chi connectivity index (χ3v) is 3.26. The SMILES string of the molecule is c1ccn2cc(COc3ccc(-c4nnco4)cc3)nc2c1. The van der Waals surface area contributed by atoms with Crippen molar-refractivity contribution in [3.05, 3.63) is 66.9 Å². The van der Waals surface area contributed by atoms with Gasteiger partial charge >= 0.3 is 0 Å². The van der Waals surface area contributed by atoms with Gasteiger partial charge in [-0.3, -0.25) is 0 Å². The van der Waals surface area contributed by atoms with Gasteiger partial charge in [-0.2, -0.15) is 0 Å². The highest BCUT2D eigenvalue weighted by atomic mass is 16.5. The lowest BCUT2D eigenvalue weighted by Crippen LogP contribution is -1.95. The van der Waals surface area contributed by atoms with E-state index in [1.165, 1.54) is 6.39 Å². The van der Waals surface area contributed by atoms with Gasteiger partial charge in [-0.15, -0.1) is 10.2 Å². The summed E-state index contributed by atoms with van der Waals surface area (Å²) in [5.41, 5.74) is 2.65. The van der Waals surface area contributed by atoms with Gasteiger partial charge in [-0.1, -0.05) is 6.07 Å². The highest BCUT2D eigenvalue weighted by Gasteiger charge is 2.05. The fraction of sp³-hybridized carbons (Fsp3) is 0.0625. The van der Waals surface area contributed by atoms with Crippen molar-refractivity contribution in [3.63, 3.8) is 0 Å². The number of aromatic nitrogens is 4. The van der Waals surface area contributed by atoms with Crippen LogP contribution >= 0.6 is 0 Å². The van der Waals surface area contributed by atoms with Crippen LogP contribution in [0.3, 0.4) is 0 Å². The van der Waals surface area contributed by atoms with Crippen LogP contribution in [-0.4, -0.2) is 19.6 Å². The van der Waals surface area contributed by atoms with Gasteiger partial charge in [0.2, 0.25) is 12.3 Å². The summed E-state index contributed by atoms with van der Waals surface area (Å²) in [7, 11) is 0. The Hall–Kier alpha value is -3.15. The number of fused-ring (bicyclic) bond motifs is 1. The Morgan fingerprint density at radius 1 is 1.09 bits per heavy atom. The molecule has 108 valence electrons. The molecule has 0 spiro atoms. The molecule has 22 heavy (non-hydrogen) atoms. The molecule has 6 heteroatoms. The van der Waals surface area contributed by atoms with Crippen molar-refractivity contribution in [1.29, 1.82) is 0 Å². The van der Waals surface area contributed by atoms with Gasteiger partial charge < -0.3 is 13.6 Å². The molecule has 3 aromatic heterocycles. The normalized spacial score (nSPS) is 10.9. The fourth-order valence-corrected chi connectivity index (χ4v) is 2.21. The van der Waals surface area contributed by atoms with E-state index in [1.807, 2.05) is 59.3 Å². The second kappa shape index (κ2) is 5.33. The second-order valence-corrected chi connectivity index (χ2v) is 4.76. The maximum Gasteiger partial charge on any atom is 0.247 e. The number of nitrogens with zero attached hydrogens (tertiary/aromatic N) is 4. The van der Waals surface area contributed by atoms with Crippen molar-refractivity contribution in [2.75, 3.05) is 0 Å². The maximum atomic E-state index is 5.75. The Labute approximate surface area is 126 Å². The molecule has 0 saturated heterocycles. The average molecular weight is 292 g/mol. The summed E-state index contributed by atoms with van der Waals surface area (Å²) in [6.07, 6.45) is 5.23. The van der Waals surface area contributed by atoms with Crippen LogP contribution in [0.5, 0.6) is 5.75 Å². The number of hydrogen-bond acceptors (Lipinski definition) is 5. The molecule has 0 atom stereocenters. The highest BCUT2D eigenvalue weighted by Crippen LogP contribution is 2.20. The van der Waals surface area contributed by atoms with E-state index in [2.05, 4.69) is 15.2 Å². The van der Waals surface area contributed by atoms with Crippen LogP contribution in [0.25, 0.3) is 17.1 Å². The minimum Gasteiger partial charge on any atom is -0.487 e.